The Balaban J connectivity index is 1.43. The molecule has 2 aromatic carbocycles. The molecule has 0 spiro atoms. The standard InChI is InChI=1S/C21H20N4O3S2/c26-18(25-7-9-30-10-8-25)11-13-1-4-15(5-2-13)22-19(27)14-3-6-16-17(12-14)23-21(29)24-20(16)28/h1-6,12H,7-11H2,(H,22,27)(H2,23,24,28,29). The van der Waals surface area contributed by atoms with Gasteiger partial charge in [0, 0.05) is 35.8 Å². The van der Waals surface area contributed by atoms with Crippen LogP contribution in [0.1, 0.15) is 15.9 Å². The van der Waals surface area contributed by atoms with Gasteiger partial charge in [0.25, 0.3) is 11.5 Å². The number of fused-ring (bicyclic) bond motifs is 1. The monoisotopic (exact) mass is 440 g/mol. The highest BCUT2D eigenvalue weighted by molar-refractivity contribution is 7.99. The molecule has 154 valence electrons. The fourth-order valence-corrected chi connectivity index (χ4v) is 4.43. The Morgan fingerprint density at radius 3 is 2.53 bits per heavy atom. The molecule has 0 atom stereocenters. The molecule has 0 radical (unpaired) electrons. The molecule has 3 aromatic rings. The number of hydrogen-bond donors (Lipinski definition) is 3. The summed E-state index contributed by atoms with van der Waals surface area (Å²) >= 11 is 6.86. The quantitative estimate of drug-likeness (QED) is 0.542. The van der Waals surface area contributed by atoms with Crippen LogP contribution in [-0.2, 0) is 11.2 Å². The molecule has 0 unspecified atom stereocenters. The number of nitrogens with one attached hydrogen (secondary N) is 3. The van der Waals surface area contributed by atoms with E-state index >= 15 is 0 Å². The first-order valence-electron chi connectivity index (χ1n) is 9.52. The molecule has 30 heavy (non-hydrogen) atoms. The lowest BCUT2D eigenvalue weighted by Gasteiger charge is -2.26. The number of benzene rings is 2. The lowest BCUT2D eigenvalue weighted by Crippen LogP contribution is -2.38. The predicted octanol–water partition coefficient (Wildman–Crippen LogP) is 2.96. The summed E-state index contributed by atoms with van der Waals surface area (Å²) in [6.45, 7) is 1.61. The molecule has 7 nitrogen and oxygen atoms in total. The van der Waals surface area contributed by atoms with Crippen molar-refractivity contribution in [3.63, 3.8) is 0 Å². The zero-order valence-electron chi connectivity index (χ0n) is 16.1. The molecular weight excluding hydrogens is 420 g/mol. The van der Waals surface area contributed by atoms with Gasteiger partial charge < -0.3 is 15.2 Å². The van der Waals surface area contributed by atoms with Crippen LogP contribution >= 0.6 is 24.0 Å². The summed E-state index contributed by atoms with van der Waals surface area (Å²) in [5.41, 5.74) is 2.15. The van der Waals surface area contributed by atoms with Crippen molar-refractivity contribution in [1.29, 1.82) is 0 Å². The summed E-state index contributed by atoms with van der Waals surface area (Å²) < 4.78 is 0.207. The van der Waals surface area contributed by atoms with E-state index in [0.717, 1.165) is 30.2 Å². The summed E-state index contributed by atoms with van der Waals surface area (Å²) in [5.74, 6) is 1.82. The second kappa shape index (κ2) is 8.85. The van der Waals surface area contributed by atoms with Crippen molar-refractivity contribution in [1.82, 2.24) is 14.9 Å². The van der Waals surface area contributed by atoms with E-state index < -0.39 is 0 Å². The van der Waals surface area contributed by atoms with Gasteiger partial charge in [-0.3, -0.25) is 19.4 Å². The fourth-order valence-electron chi connectivity index (χ4n) is 3.32. The van der Waals surface area contributed by atoms with Crippen LogP contribution in [0.5, 0.6) is 0 Å². The lowest BCUT2D eigenvalue weighted by atomic mass is 10.1. The summed E-state index contributed by atoms with van der Waals surface area (Å²) in [4.78, 5) is 44.2. The fraction of sp³-hybridized carbons (Fsp3) is 0.238. The Bertz CT molecular complexity index is 1210. The van der Waals surface area contributed by atoms with Crippen molar-refractivity contribution in [2.24, 2.45) is 0 Å². The summed E-state index contributed by atoms with van der Waals surface area (Å²) in [7, 11) is 0. The largest absolute Gasteiger partial charge is 0.341 e. The molecule has 3 N–H and O–H groups in total. The summed E-state index contributed by atoms with van der Waals surface area (Å²) in [5, 5.41) is 3.27. The van der Waals surface area contributed by atoms with Crippen molar-refractivity contribution in [3.8, 4) is 0 Å². The highest BCUT2D eigenvalue weighted by Gasteiger charge is 2.17. The zero-order valence-corrected chi connectivity index (χ0v) is 17.7. The predicted molar refractivity (Wildman–Crippen MR) is 122 cm³/mol. The number of aromatic amines is 2. The molecule has 0 bridgehead atoms. The molecule has 2 amide bonds. The second-order valence-electron chi connectivity index (χ2n) is 6.99. The minimum absolute atomic E-state index is 0.135. The number of aromatic nitrogens is 2. The third kappa shape index (κ3) is 4.63. The Morgan fingerprint density at radius 2 is 1.80 bits per heavy atom. The summed E-state index contributed by atoms with van der Waals surface area (Å²) in [6, 6.07) is 12.0. The van der Waals surface area contributed by atoms with E-state index in [4.69, 9.17) is 12.2 Å². The topological polar surface area (TPSA) is 98.1 Å². The molecule has 0 aliphatic carbocycles. The van der Waals surface area contributed by atoms with Crippen molar-refractivity contribution < 1.29 is 9.59 Å². The molecule has 1 aliphatic rings. The van der Waals surface area contributed by atoms with Gasteiger partial charge in [-0.05, 0) is 48.1 Å². The first kappa shape index (κ1) is 20.4. The van der Waals surface area contributed by atoms with Gasteiger partial charge in [0.1, 0.15) is 0 Å². The molecule has 1 aliphatic heterocycles. The third-order valence-electron chi connectivity index (χ3n) is 4.93. The maximum atomic E-state index is 12.6. The molecular formula is C21H20N4O3S2. The number of amides is 2. The third-order valence-corrected chi connectivity index (χ3v) is 6.08. The van der Waals surface area contributed by atoms with Gasteiger partial charge in [-0.25, -0.2) is 0 Å². The Hall–Kier alpha value is -2.91. The van der Waals surface area contributed by atoms with Crippen LogP contribution in [-0.4, -0.2) is 51.3 Å². The second-order valence-corrected chi connectivity index (χ2v) is 8.62. The van der Waals surface area contributed by atoms with Crippen LogP contribution in [0.2, 0.25) is 0 Å². The highest BCUT2D eigenvalue weighted by atomic mass is 32.2. The number of thioether (sulfide) groups is 1. The first-order chi connectivity index (χ1) is 14.5. The van der Waals surface area contributed by atoms with Gasteiger partial charge in [0.05, 0.1) is 17.3 Å². The van der Waals surface area contributed by atoms with Gasteiger partial charge in [0.2, 0.25) is 5.91 Å². The smallest absolute Gasteiger partial charge is 0.259 e. The Labute approximate surface area is 181 Å². The van der Waals surface area contributed by atoms with Gasteiger partial charge >= 0.3 is 0 Å². The van der Waals surface area contributed by atoms with E-state index in [9.17, 15) is 14.4 Å². The molecule has 1 aromatic heterocycles. The minimum atomic E-state index is -0.300. The zero-order chi connectivity index (χ0) is 21.1. The molecule has 2 heterocycles. The summed E-state index contributed by atoms with van der Waals surface area (Å²) in [6.07, 6.45) is 0.358. The van der Waals surface area contributed by atoms with E-state index in [-0.39, 0.29) is 22.1 Å². The number of nitrogens with zero attached hydrogens (tertiary/aromatic N) is 1. The van der Waals surface area contributed by atoms with Crippen LogP contribution in [0.25, 0.3) is 10.9 Å². The molecule has 4 rings (SSSR count). The van der Waals surface area contributed by atoms with E-state index in [1.165, 1.54) is 0 Å². The van der Waals surface area contributed by atoms with E-state index in [2.05, 4.69) is 15.3 Å². The number of carbonyl (C=O) groups excluding carboxylic acids is 2. The first-order valence-corrected chi connectivity index (χ1v) is 11.1. The average Bonchev–Trinajstić information content (AvgIpc) is 2.75. The number of anilines is 1. The van der Waals surface area contributed by atoms with Gasteiger partial charge in [-0.15, -0.1) is 0 Å². The number of H-pyrrole nitrogens is 2. The highest BCUT2D eigenvalue weighted by Crippen LogP contribution is 2.16. The maximum Gasteiger partial charge on any atom is 0.259 e. The average molecular weight is 441 g/mol. The van der Waals surface area contributed by atoms with E-state index in [0.29, 0.717) is 28.6 Å². The van der Waals surface area contributed by atoms with Crippen molar-refractivity contribution >= 4 is 52.4 Å². The normalized spacial score (nSPS) is 13.9. The van der Waals surface area contributed by atoms with Crippen LogP contribution < -0.4 is 10.9 Å². The van der Waals surface area contributed by atoms with Crippen LogP contribution in [0, 0.1) is 4.77 Å². The van der Waals surface area contributed by atoms with Gasteiger partial charge in [-0.1, -0.05) is 12.1 Å². The van der Waals surface area contributed by atoms with E-state index in [1.807, 2.05) is 28.8 Å². The van der Waals surface area contributed by atoms with Crippen LogP contribution in [0.4, 0.5) is 5.69 Å². The van der Waals surface area contributed by atoms with Gasteiger partial charge in [0.15, 0.2) is 4.77 Å². The Morgan fingerprint density at radius 1 is 1.07 bits per heavy atom. The van der Waals surface area contributed by atoms with E-state index in [1.54, 1.807) is 30.3 Å². The molecule has 1 saturated heterocycles. The van der Waals surface area contributed by atoms with Crippen LogP contribution in [0.15, 0.2) is 47.3 Å². The Kier molecular flexibility index (Phi) is 6.01. The van der Waals surface area contributed by atoms with Gasteiger partial charge in [-0.2, -0.15) is 11.8 Å². The number of carbonyl (C=O) groups is 2. The number of rotatable bonds is 4. The SMILES string of the molecule is O=C(Nc1ccc(CC(=O)N2CCSCC2)cc1)c1ccc2c(=O)[nH]c(=S)[nH]c2c1. The number of hydrogen-bond acceptors (Lipinski definition) is 5. The molecule has 1 fully saturated rings. The lowest BCUT2D eigenvalue weighted by molar-refractivity contribution is -0.130. The maximum absolute atomic E-state index is 12.6. The minimum Gasteiger partial charge on any atom is -0.341 e. The van der Waals surface area contributed by atoms with Crippen molar-refractivity contribution in [2.45, 2.75) is 6.42 Å². The molecule has 0 saturated carbocycles. The van der Waals surface area contributed by atoms with Crippen molar-refractivity contribution in [2.75, 3.05) is 29.9 Å². The van der Waals surface area contributed by atoms with Crippen molar-refractivity contribution in [3.05, 3.63) is 68.7 Å². The van der Waals surface area contributed by atoms with Crippen LogP contribution in [0.3, 0.4) is 0 Å². The molecule has 9 heteroatoms.